The lowest BCUT2D eigenvalue weighted by Crippen LogP contribution is -2.27. The first kappa shape index (κ1) is 16.3. The molecular formula is C17H17N3O3. The van der Waals surface area contributed by atoms with Crippen LogP contribution in [0.15, 0.2) is 47.1 Å². The molecule has 118 valence electrons. The van der Waals surface area contributed by atoms with E-state index in [9.17, 15) is 9.59 Å². The van der Waals surface area contributed by atoms with Crippen molar-refractivity contribution in [2.24, 2.45) is 0 Å². The van der Waals surface area contributed by atoms with Gasteiger partial charge in [-0.1, -0.05) is 12.1 Å². The number of furan rings is 1. The van der Waals surface area contributed by atoms with Gasteiger partial charge >= 0.3 is 0 Å². The molecule has 0 unspecified atom stereocenters. The molecule has 0 aliphatic rings. The normalized spacial score (nSPS) is 9.87. The van der Waals surface area contributed by atoms with Crippen molar-refractivity contribution < 1.29 is 14.0 Å². The molecule has 0 aliphatic heterocycles. The van der Waals surface area contributed by atoms with Crippen molar-refractivity contribution in [1.82, 2.24) is 10.6 Å². The highest BCUT2D eigenvalue weighted by molar-refractivity contribution is 5.91. The second-order valence-electron chi connectivity index (χ2n) is 4.93. The van der Waals surface area contributed by atoms with E-state index in [-0.39, 0.29) is 17.6 Å². The first-order chi connectivity index (χ1) is 11.2. The van der Waals surface area contributed by atoms with Crippen molar-refractivity contribution in [3.05, 3.63) is 59.5 Å². The summed E-state index contributed by atoms with van der Waals surface area (Å²) >= 11 is 0. The lowest BCUT2D eigenvalue weighted by molar-refractivity contribution is -0.121. The molecule has 23 heavy (non-hydrogen) atoms. The molecule has 0 spiro atoms. The van der Waals surface area contributed by atoms with Crippen LogP contribution in [0, 0.1) is 11.3 Å². The van der Waals surface area contributed by atoms with Gasteiger partial charge in [-0.2, -0.15) is 5.26 Å². The second kappa shape index (κ2) is 8.39. The molecule has 0 atom stereocenters. The SMILES string of the molecule is N#Cc1cccc(CNC(=O)CCCNC(=O)c2ccco2)c1. The van der Waals surface area contributed by atoms with Crippen LogP contribution in [0.4, 0.5) is 0 Å². The molecule has 0 aliphatic carbocycles. The number of hydrogen-bond donors (Lipinski definition) is 2. The van der Waals surface area contributed by atoms with Crippen LogP contribution >= 0.6 is 0 Å². The van der Waals surface area contributed by atoms with Crippen LogP contribution in [-0.4, -0.2) is 18.4 Å². The third-order valence-electron chi connectivity index (χ3n) is 3.16. The molecule has 1 aromatic carbocycles. The Morgan fingerprint density at radius 1 is 1.17 bits per heavy atom. The smallest absolute Gasteiger partial charge is 0.286 e. The fourth-order valence-corrected chi connectivity index (χ4v) is 1.99. The van der Waals surface area contributed by atoms with E-state index >= 15 is 0 Å². The highest BCUT2D eigenvalue weighted by atomic mass is 16.3. The molecule has 2 aromatic rings. The average molecular weight is 311 g/mol. The summed E-state index contributed by atoms with van der Waals surface area (Å²) in [7, 11) is 0. The van der Waals surface area contributed by atoms with E-state index in [2.05, 4.69) is 16.7 Å². The molecule has 2 rings (SSSR count). The Bertz CT molecular complexity index is 702. The predicted octanol–water partition coefficient (Wildman–Crippen LogP) is 1.98. The van der Waals surface area contributed by atoms with Gasteiger partial charge in [0.25, 0.3) is 5.91 Å². The molecule has 2 amide bonds. The van der Waals surface area contributed by atoms with Gasteiger partial charge < -0.3 is 15.1 Å². The number of carbonyl (C=O) groups is 2. The topological polar surface area (TPSA) is 95.1 Å². The number of nitrogens with one attached hydrogen (secondary N) is 2. The molecule has 0 radical (unpaired) electrons. The standard InChI is InChI=1S/C17H17N3O3/c18-11-13-4-1-5-14(10-13)12-20-16(21)7-2-8-19-17(22)15-6-3-9-23-15/h1,3-6,9-10H,2,7-8,12H2,(H,19,22)(H,20,21). The van der Waals surface area contributed by atoms with E-state index in [1.54, 1.807) is 30.3 Å². The Kier molecular flexibility index (Phi) is 5.95. The maximum Gasteiger partial charge on any atom is 0.286 e. The molecule has 1 aromatic heterocycles. The van der Waals surface area contributed by atoms with E-state index in [1.807, 2.05) is 6.07 Å². The predicted molar refractivity (Wildman–Crippen MR) is 83.3 cm³/mol. The third-order valence-corrected chi connectivity index (χ3v) is 3.16. The van der Waals surface area contributed by atoms with Crippen molar-refractivity contribution in [1.29, 1.82) is 5.26 Å². The summed E-state index contributed by atoms with van der Waals surface area (Å²) in [6.07, 6.45) is 2.29. The molecule has 1 heterocycles. The summed E-state index contributed by atoms with van der Waals surface area (Å²) in [5.74, 6) is -0.129. The zero-order valence-corrected chi connectivity index (χ0v) is 12.5. The molecule has 0 saturated carbocycles. The first-order valence-corrected chi connectivity index (χ1v) is 7.26. The van der Waals surface area contributed by atoms with Gasteiger partial charge in [0, 0.05) is 19.5 Å². The van der Waals surface area contributed by atoms with Crippen molar-refractivity contribution in [3.8, 4) is 6.07 Å². The number of nitriles is 1. The summed E-state index contributed by atoms with van der Waals surface area (Å²) < 4.78 is 4.97. The van der Waals surface area contributed by atoms with Gasteiger partial charge in [0.2, 0.25) is 5.91 Å². The van der Waals surface area contributed by atoms with Gasteiger partial charge in [0.05, 0.1) is 17.9 Å². The van der Waals surface area contributed by atoms with Crippen LogP contribution in [0.1, 0.15) is 34.5 Å². The summed E-state index contributed by atoms with van der Waals surface area (Å²) in [5, 5.41) is 14.3. The highest BCUT2D eigenvalue weighted by Crippen LogP contribution is 2.04. The molecule has 0 fully saturated rings. The van der Waals surface area contributed by atoms with E-state index in [0.717, 1.165) is 5.56 Å². The van der Waals surface area contributed by atoms with Gasteiger partial charge in [-0.15, -0.1) is 0 Å². The second-order valence-corrected chi connectivity index (χ2v) is 4.93. The Hall–Kier alpha value is -3.07. The minimum atomic E-state index is -0.288. The molecule has 6 nitrogen and oxygen atoms in total. The van der Waals surface area contributed by atoms with Gasteiger partial charge in [0.15, 0.2) is 5.76 Å². The van der Waals surface area contributed by atoms with Crippen molar-refractivity contribution >= 4 is 11.8 Å². The van der Waals surface area contributed by atoms with E-state index < -0.39 is 0 Å². The van der Waals surface area contributed by atoms with Crippen LogP contribution in [-0.2, 0) is 11.3 Å². The number of hydrogen-bond acceptors (Lipinski definition) is 4. The van der Waals surface area contributed by atoms with Crippen molar-refractivity contribution in [2.75, 3.05) is 6.54 Å². The quantitative estimate of drug-likeness (QED) is 0.764. The zero-order chi connectivity index (χ0) is 16.5. The summed E-state index contributed by atoms with van der Waals surface area (Å²) in [4.78, 5) is 23.3. The van der Waals surface area contributed by atoms with Crippen LogP contribution < -0.4 is 10.6 Å². The maximum atomic E-state index is 11.7. The van der Waals surface area contributed by atoms with Crippen LogP contribution in [0.2, 0.25) is 0 Å². The van der Waals surface area contributed by atoms with Crippen LogP contribution in [0.3, 0.4) is 0 Å². The molecule has 2 N–H and O–H groups in total. The fraction of sp³-hybridized carbons (Fsp3) is 0.235. The van der Waals surface area contributed by atoms with E-state index in [1.165, 1.54) is 6.26 Å². The molecular weight excluding hydrogens is 294 g/mol. The molecule has 6 heteroatoms. The Morgan fingerprint density at radius 3 is 2.78 bits per heavy atom. The molecule has 0 saturated heterocycles. The summed E-state index contributed by atoms with van der Waals surface area (Å²) in [6.45, 7) is 0.782. The number of nitrogens with zero attached hydrogens (tertiary/aromatic N) is 1. The Morgan fingerprint density at radius 2 is 2.04 bits per heavy atom. The number of carbonyl (C=O) groups excluding carboxylic acids is 2. The van der Waals surface area contributed by atoms with Crippen molar-refractivity contribution in [2.45, 2.75) is 19.4 Å². The van der Waals surface area contributed by atoms with Gasteiger partial charge in [0.1, 0.15) is 0 Å². The van der Waals surface area contributed by atoms with E-state index in [4.69, 9.17) is 9.68 Å². The number of benzene rings is 1. The number of rotatable bonds is 7. The maximum absolute atomic E-state index is 11.7. The fourth-order valence-electron chi connectivity index (χ4n) is 1.99. The minimum Gasteiger partial charge on any atom is -0.459 e. The largest absolute Gasteiger partial charge is 0.459 e. The Labute approximate surface area is 134 Å². The molecule has 0 bridgehead atoms. The Balaban J connectivity index is 1.63. The monoisotopic (exact) mass is 311 g/mol. The van der Waals surface area contributed by atoms with Crippen LogP contribution in [0.5, 0.6) is 0 Å². The van der Waals surface area contributed by atoms with Gasteiger partial charge in [-0.3, -0.25) is 9.59 Å². The van der Waals surface area contributed by atoms with Crippen molar-refractivity contribution in [3.63, 3.8) is 0 Å². The van der Waals surface area contributed by atoms with Crippen LogP contribution in [0.25, 0.3) is 0 Å². The minimum absolute atomic E-state index is 0.0976. The van der Waals surface area contributed by atoms with Gasteiger partial charge in [-0.05, 0) is 36.2 Å². The first-order valence-electron chi connectivity index (χ1n) is 7.26. The lowest BCUT2D eigenvalue weighted by atomic mass is 10.1. The summed E-state index contributed by atoms with van der Waals surface area (Å²) in [6, 6.07) is 12.4. The lowest BCUT2D eigenvalue weighted by Gasteiger charge is -2.06. The highest BCUT2D eigenvalue weighted by Gasteiger charge is 2.07. The average Bonchev–Trinajstić information content (AvgIpc) is 3.11. The number of amides is 2. The zero-order valence-electron chi connectivity index (χ0n) is 12.5. The van der Waals surface area contributed by atoms with Gasteiger partial charge in [-0.25, -0.2) is 0 Å². The van der Waals surface area contributed by atoms with E-state index in [0.29, 0.717) is 31.5 Å². The third kappa shape index (κ3) is 5.32. The summed E-state index contributed by atoms with van der Waals surface area (Å²) in [5.41, 5.74) is 1.45.